The highest BCUT2D eigenvalue weighted by Gasteiger charge is 2.50. The van der Waals surface area contributed by atoms with Crippen molar-refractivity contribution in [1.82, 2.24) is 0 Å². The molecule has 1 aliphatic rings. The number of rotatable bonds is 1. The molecule has 0 saturated carbocycles. The lowest BCUT2D eigenvalue weighted by Gasteiger charge is -2.31. The zero-order chi connectivity index (χ0) is 9.41. The standard InChI is InChI=1S/C7H12F3NS/c1-6(3-2-4-12-6)5(11)7(8,9)10/h5H,2-4,11H2,1H3. The first kappa shape index (κ1) is 10.2. The van der Waals surface area contributed by atoms with Crippen LogP contribution in [0.3, 0.4) is 0 Å². The summed E-state index contributed by atoms with van der Waals surface area (Å²) in [5.74, 6) is 0.792. The molecule has 1 heterocycles. The Morgan fingerprint density at radius 2 is 2.08 bits per heavy atom. The van der Waals surface area contributed by atoms with E-state index in [-0.39, 0.29) is 0 Å². The highest BCUT2D eigenvalue weighted by atomic mass is 32.2. The van der Waals surface area contributed by atoms with Gasteiger partial charge in [0, 0.05) is 4.75 Å². The third-order valence-electron chi connectivity index (χ3n) is 2.26. The summed E-state index contributed by atoms with van der Waals surface area (Å²) in [6, 6.07) is -1.68. The van der Waals surface area contributed by atoms with E-state index in [1.165, 1.54) is 11.8 Å². The second-order valence-corrected chi connectivity index (χ2v) is 4.91. The molecule has 12 heavy (non-hydrogen) atoms. The Morgan fingerprint density at radius 1 is 1.50 bits per heavy atom. The Morgan fingerprint density at radius 3 is 2.42 bits per heavy atom. The molecule has 0 aliphatic carbocycles. The minimum absolute atomic E-state index is 0.568. The zero-order valence-electron chi connectivity index (χ0n) is 6.82. The summed E-state index contributed by atoms with van der Waals surface area (Å²) < 4.78 is 35.8. The van der Waals surface area contributed by atoms with Crippen molar-refractivity contribution in [2.45, 2.75) is 36.7 Å². The van der Waals surface area contributed by atoms with Crippen molar-refractivity contribution in [3.63, 3.8) is 0 Å². The fourth-order valence-corrected chi connectivity index (χ4v) is 2.75. The first-order valence-electron chi connectivity index (χ1n) is 3.82. The van der Waals surface area contributed by atoms with Gasteiger partial charge in [0.1, 0.15) is 6.04 Å². The predicted octanol–water partition coefficient (Wildman–Crippen LogP) is 2.16. The molecule has 0 spiro atoms. The van der Waals surface area contributed by atoms with Gasteiger partial charge in [-0.3, -0.25) is 0 Å². The lowest BCUT2D eigenvalue weighted by molar-refractivity contribution is -0.153. The van der Waals surface area contributed by atoms with Crippen LogP contribution in [0.15, 0.2) is 0 Å². The van der Waals surface area contributed by atoms with E-state index >= 15 is 0 Å². The summed E-state index contributed by atoms with van der Waals surface area (Å²) in [6.07, 6.45) is -2.85. The molecule has 72 valence electrons. The highest BCUT2D eigenvalue weighted by molar-refractivity contribution is 8.00. The lowest BCUT2D eigenvalue weighted by Crippen LogP contribution is -2.51. The van der Waals surface area contributed by atoms with E-state index in [1.54, 1.807) is 6.92 Å². The second kappa shape index (κ2) is 3.10. The van der Waals surface area contributed by atoms with Crippen LogP contribution < -0.4 is 5.73 Å². The Labute approximate surface area is 73.9 Å². The molecule has 1 aliphatic heterocycles. The Hall–Kier alpha value is 0.100. The number of nitrogens with two attached hydrogens (primary N) is 1. The van der Waals surface area contributed by atoms with Crippen LogP contribution in [0.4, 0.5) is 13.2 Å². The number of halogens is 3. The number of hydrogen-bond acceptors (Lipinski definition) is 2. The smallest absolute Gasteiger partial charge is 0.319 e. The molecular formula is C7H12F3NS. The minimum Gasteiger partial charge on any atom is -0.319 e. The Kier molecular flexibility index (Phi) is 2.63. The average molecular weight is 199 g/mol. The molecular weight excluding hydrogens is 187 g/mol. The second-order valence-electron chi connectivity index (χ2n) is 3.28. The van der Waals surface area contributed by atoms with Crippen molar-refractivity contribution in [3.8, 4) is 0 Å². The summed E-state index contributed by atoms with van der Waals surface area (Å²) in [7, 11) is 0. The molecule has 2 N–H and O–H groups in total. The van der Waals surface area contributed by atoms with Crippen molar-refractivity contribution < 1.29 is 13.2 Å². The van der Waals surface area contributed by atoms with Gasteiger partial charge in [-0.05, 0) is 25.5 Å². The fourth-order valence-electron chi connectivity index (χ4n) is 1.39. The van der Waals surface area contributed by atoms with Crippen LogP contribution in [0.5, 0.6) is 0 Å². The van der Waals surface area contributed by atoms with Crippen LogP contribution >= 0.6 is 11.8 Å². The van der Waals surface area contributed by atoms with Gasteiger partial charge in [-0.15, -0.1) is 0 Å². The minimum atomic E-state index is -4.26. The van der Waals surface area contributed by atoms with Crippen molar-refractivity contribution in [1.29, 1.82) is 0 Å². The first-order valence-corrected chi connectivity index (χ1v) is 4.81. The molecule has 0 aromatic heterocycles. The molecule has 1 nitrogen and oxygen atoms in total. The molecule has 2 unspecified atom stereocenters. The summed E-state index contributed by atoms with van der Waals surface area (Å²) in [5, 5.41) is 0. The third kappa shape index (κ3) is 1.88. The van der Waals surface area contributed by atoms with E-state index in [0.717, 1.165) is 12.2 Å². The van der Waals surface area contributed by atoms with Gasteiger partial charge in [0.2, 0.25) is 0 Å². The van der Waals surface area contributed by atoms with Crippen LogP contribution in [0.1, 0.15) is 19.8 Å². The van der Waals surface area contributed by atoms with Gasteiger partial charge in [0.15, 0.2) is 0 Å². The monoisotopic (exact) mass is 199 g/mol. The topological polar surface area (TPSA) is 26.0 Å². The van der Waals surface area contributed by atoms with E-state index < -0.39 is 17.0 Å². The number of alkyl halides is 3. The van der Waals surface area contributed by atoms with Gasteiger partial charge < -0.3 is 5.73 Å². The van der Waals surface area contributed by atoms with Gasteiger partial charge in [0.25, 0.3) is 0 Å². The van der Waals surface area contributed by atoms with E-state index in [1.807, 2.05) is 0 Å². The van der Waals surface area contributed by atoms with Gasteiger partial charge >= 0.3 is 6.18 Å². The lowest BCUT2D eigenvalue weighted by atomic mass is 9.96. The summed E-state index contributed by atoms with van der Waals surface area (Å²) >= 11 is 1.33. The molecule has 0 bridgehead atoms. The Balaban J connectivity index is 2.68. The van der Waals surface area contributed by atoms with Gasteiger partial charge in [-0.25, -0.2) is 0 Å². The SMILES string of the molecule is CC1(C(N)C(F)(F)F)CCCS1. The van der Waals surface area contributed by atoms with Crippen molar-refractivity contribution in [2.75, 3.05) is 5.75 Å². The van der Waals surface area contributed by atoms with Crippen LogP contribution in [0.2, 0.25) is 0 Å². The molecule has 1 rings (SSSR count). The predicted molar refractivity (Wildman–Crippen MR) is 44.1 cm³/mol. The molecule has 2 atom stereocenters. The normalized spacial score (nSPS) is 33.8. The number of thioether (sulfide) groups is 1. The molecule has 1 saturated heterocycles. The third-order valence-corrected chi connectivity index (χ3v) is 3.87. The van der Waals surface area contributed by atoms with E-state index in [0.29, 0.717) is 6.42 Å². The molecule has 5 heteroatoms. The van der Waals surface area contributed by atoms with Gasteiger partial charge in [-0.2, -0.15) is 24.9 Å². The maximum Gasteiger partial charge on any atom is 0.404 e. The quantitative estimate of drug-likeness (QED) is 0.700. The van der Waals surface area contributed by atoms with Crippen LogP contribution in [0.25, 0.3) is 0 Å². The zero-order valence-corrected chi connectivity index (χ0v) is 7.63. The van der Waals surface area contributed by atoms with Gasteiger partial charge in [-0.1, -0.05) is 0 Å². The van der Waals surface area contributed by atoms with Crippen LogP contribution in [-0.4, -0.2) is 22.7 Å². The fraction of sp³-hybridized carbons (Fsp3) is 1.00. The molecule has 0 aromatic rings. The Bertz CT molecular complexity index is 163. The van der Waals surface area contributed by atoms with Gasteiger partial charge in [0.05, 0.1) is 0 Å². The highest BCUT2D eigenvalue weighted by Crippen LogP contribution is 2.44. The van der Waals surface area contributed by atoms with E-state index in [4.69, 9.17) is 5.73 Å². The summed E-state index contributed by atoms with van der Waals surface area (Å²) in [4.78, 5) is 0. The van der Waals surface area contributed by atoms with Crippen LogP contribution in [-0.2, 0) is 0 Å². The van der Waals surface area contributed by atoms with Crippen LogP contribution in [0, 0.1) is 0 Å². The van der Waals surface area contributed by atoms with E-state index in [9.17, 15) is 13.2 Å². The largest absolute Gasteiger partial charge is 0.404 e. The van der Waals surface area contributed by atoms with E-state index in [2.05, 4.69) is 0 Å². The summed E-state index contributed by atoms with van der Waals surface area (Å²) in [6.45, 7) is 1.60. The molecule has 0 amide bonds. The average Bonchev–Trinajstić information content (AvgIpc) is 2.34. The maximum atomic E-state index is 12.2. The van der Waals surface area contributed by atoms with Crippen molar-refractivity contribution in [2.24, 2.45) is 5.73 Å². The summed E-state index contributed by atoms with van der Waals surface area (Å²) in [5.41, 5.74) is 5.14. The molecule has 1 fully saturated rings. The van der Waals surface area contributed by atoms with Crippen molar-refractivity contribution in [3.05, 3.63) is 0 Å². The first-order chi connectivity index (χ1) is 5.36. The maximum absolute atomic E-state index is 12.2. The molecule has 0 radical (unpaired) electrons. The molecule has 0 aromatic carbocycles. The van der Waals surface area contributed by atoms with Crippen molar-refractivity contribution >= 4 is 11.8 Å². The number of hydrogen-bond donors (Lipinski definition) is 1.